The van der Waals surface area contributed by atoms with E-state index in [2.05, 4.69) is 47.6 Å². The third-order valence-electron chi connectivity index (χ3n) is 7.10. The molecule has 2 N–H and O–H groups in total. The van der Waals surface area contributed by atoms with Gasteiger partial charge in [-0.1, -0.05) is 55.3 Å². The Morgan fingerprint density at radius 2 is 1.97 bits per heavy atom. The Morgan fingerprint density at radius 1 is 1.15 bits per heavy atom. The van der Waals surface area contributed by atoms with Gasteiger partial charge in [0.1, 0.15) is 5.75 Å². The van der Waals surface area contributed by atoms with E-state index in [1.807, 2.05) is 30.6 Å². The number of nitrogens with one attached hydrogen (secondary N) is 1. The van der Waals surface area contributed by atoms with Crippen LogP contribution < -0.4 is 10.1 Å². The van der Waals surface area contributed by atoms with Crippen LogP contribution in [0.25, 0.3) is 11.1 Å². The molecule has 1 aromatic heterocycles. The molecule has 2 aromatic carbocycles. The maximum Gasteiger partial charge on any atom is 0.127 e. The van der Waals surface area contributed by atoms with Crippen molar-refractivity contribution in [2.24, 2.45) is 0 Å². The molecule has 4 nitrogen and oxygen atoms in total. The average molecular weight is 477 g/mol. The van der Waals surface area contributed by atoms with Crippen LogP contribution in [0.15, 0.2) is 60.9 Å². The summed E-state index contributed by atoms with van der Waals surface area (Å²) in [5.74, 6) is 1.11. The van der Waals surface area contributed by atoms with Gasteiger partial charge in [-0.2, -0.15) is 0 Å². The maximum atomic E-state index is 9.84. The lowest BCUT2D eigenvalue weighted by Crippen LogP contribution is -2.29. The van der Waals surface area contributed by atoms with E-state index in [-0.39, 0.29) is 18.1 Å². The smallest absolute Gasteiger partial charge is 0.127 e. The quantitative estimate of drug-likeness (QED) is 0.327. The number of rotatable bonds is 11. The van der Waals surface area contributed by atoms with E-state index < -0.39 is 0 Å². The topological polar surface area (TPSA) is 54.4 Å². The molecule has 2 fully saturated rings. The van der Waals surface area contributed by atoms with Gasteiger partial charge in [-0.05, 0) is 72.6 Å². The number of aromatic nitrogens is 1. The summed E-state index contributed by atoms with van der Waals surface area (Å²) in [6.45, 7) is 2.98. The first-order valence-electron chi connectivity index (χ1n) is 12.5. The summed E-state index contributed by atoms with van der Waals surface area (Å²) in [6.07, 6.45) is 10.6. The van der Waals surface area contributed by atoms with Crippen molar-refractivity contribution in [1.29, 1.82) is 0 Å². The Kier molecular flexibility index (Phi) is 6.91. The van der Waals surface area contributed by atoms with Crippen molar-refractivity contribution in [1.82, 2.24) is 10.3 Å². The van der Waals surface area contributed by atoms with Crippen molar-refractivity contribution in [2.45, 2.75) is 69.6 Å². The summed E-state index contributed by atoms with van der Waals surface area (Å²) in [4.78, 5) is 4.49. The molecule has 1 unspecified atom stereocenters. The van der Waals surface area contributed by atoms with Gasteiger partial charge in [-0.25, -0.2) is 0 Å². The fourth-order valence-corrected chi connectivity index (χ4v) is 4.98. The molecule has 0 spiro atoms. The number of nitrogens with zero attached hydrogens (tertiary/aromatic N) is 1. The summed E-state index contributed by atoms with van der Waals surface area (Å²) in [5.41, 5.74) is 5.64. The highest BCUT2D eigenvalue weighted by Gasteiger charge is 2.45. The molecule has 0 amide bonds. The molecule has 178 valence electrons. The number of ether oxygens (including phenoxy) is 1. The Labute approximate surface area is 207 Å². The molecular weight excluding hydrogens is 444 g/mol. The molecule has 1 atom stereocenters. The fraction of sp³-hybridized carbons (Fsp3) is 0.414. The predicted octanol–water partition coefficient (Wildman–Crippen LogP) is 6.60. The molecule has 2 aliphatic rings. The largest absolute Gasteiger partial charge is 0.490 e. The molecule has 5 heteroatoms. The first-order valence-corrected chi connectivity index (χ1v) is 12.9. The van der Waals surface area contributed by atoms with E-state index in [0.717, 1.165) is 66.0 Å². The fourth-order valence-electron chi connectivity index (χ4n) is 4.79. The van der Waals surface area contributed by atoms with Crippen molar-refractivity contribution in [3.05, 3.63) is 82.6 Å². The van der Waals surface area contributed by atoms with Crippen LogP contribution in [0.1, 0.15) is 68.1 Å². The number of para-hydroxylation sites is 1. The third-order valence-corrected chi connectivity index (χ3v) is 7.47. The molecule has 5 rings (SSSR count). The summed E-state index contributed by atoms with van der Waals surface area (Å²) < 4.78 is 6.23. The first kappa shape index (κ1) is 23.3. The van der Waals surface area contributed by atoms with Crippen LogP contribution in [0.5, 0.6) is 5.75 Å². The monoisotopic (exact) mass is 476 g/mol. The van der Waals surface area contributed by atoms with Crippen molar-refractivity contribution < 1.29 is 9.84 Å². The average Bonchev–Trinajstić information content (AvgIpc) is 3.80. The number of benzene rings is 2. The summed E-state index contributed by atoms with van der Waals surface area (Å²) in [6, 6.07) is 16.6. The molecule has 0 saturated heterocycles. The van der Waals surface area contributed by atoms with Crippen LogP contribution in [0.3, 0.4) is 0 Å². The van der Waals surface area contributed by atoms with Crippen LogP contribution in [0.2, 0.25) is 5.02 Å². The van der Waals surface area contributed by atoms with Gasteiger partial charge in [0.25, 0.3) is 0 Å². The second-order valence-electron chi connectivity index (χ2n) is 9.69. The number of halogens is 1. The summed E-state index contributed by atoms with van der Waals surface area (Å²) in [5, 5.41) is 14.4. The van der Waals surface area contributed by atoms with Crippen LogP contribution >= 0.6 is 11.6 Å². The minimum atomic E-state index is -0.116. The zero-order chi connectivity index (χ0) is 23.5. The summed E-state index contributed by atoms with van der Waals surface area (Å²) >= 11 is 6.59. The molecule has 0 radical (unpaired) electrons. The molecule has 3 aromatic rings. The molecule has 1 heterocycles. The highest BCUT2D eigenvalue weighted by atomic mass is 35.5. The Morgan fingerprint density at radius 3 is 2.71 bits per heavy atom. The number of aliphatic hydroxyl groups excluding tert-OH is 1. The van der Waals surface area contributed by atoms with E-state index in [1.165, 1.54) is 11.1 Å². The number of pyridine rings is 1. The standard InChI is InChI=1S/C29H33ClN2O2/c1-2-5-21(19-33)20-8-11-27(30)22(16-20)17-32-29(13-14-29)26-18-31-15-12-24(26)25-6-3-4-7-28(25)34-23-9-10-23/h3-4,6-8,11-12,15-16,18,21,23,32-33H,2,5,9-10,13-14,17,19H2,1H3. The second-order valence-corrected chi connectivity index (χ2v) is 10.1. The molecule has 0 bridgehead atoms. The third kappa shape index (κ3) is 5.00. The number of aliphatic hydroxyl groups is 1. The zero-order valence-corrected chi connectivity index (χ0v) is 20.5. The SMILES string of the molecule is CCCC(CO)c1ccc(Cl)c(CNC2(c3cnccc3-c3ccccc3OC3CC3)CC2)c1. The van der Waals surface area contributed by atoms with Crippen molar-refractivity contribution in [3.8, 4) is 16.9 Å². The van der Waals surface area contributed by atoms with E-state index in [1.54, 1.807) is 0 Å². The second kappa shape index (κ2) is 10.1. The van der Waals surface area contributed by atoms with Crippen molar-refractivity contribution in [3.63, 3.8) is 0 Å². The van der Waals surface area contributed by atoms with Gasteiger partial charge in [0.15, 0.2) is 0 Å². The van der Waals surface area contributed by atoms with E-state index >= 15 is 0 Å². The van der Waals surface area contributed by atoms with Crippen molar-refractivity contribution in [2.75, 3.05) is 6.61 Å². The normalized spacial score (nSPS) is 17.4. The van der Waals surface area contributed by atoms with Crippen LogP contribution in [-0.2, 0) is 12.1 Å². The van der Waals surface area contributed by atoms with Gasteiger partial charge in [0.2, 0.25) is 0 Å². The maximum absolute atomic E-state index is 9.84. The van der Waals surface area contributed by atoms with E-state index in [9.17, 15) is 5.11 Å². The van der Waals surface area contributed by atoms with Gasteiger partial charge in [0, 0.05) is 47.6 Å². The minimum absolute atomic E-state index is 0.116. The van der Waals surface area contributed by atoms with Crippen LogP contribution in [-0.4, -0.2) is 22.8 Å². The van der Waals surface area contributed by atoms with Crippen LogP contribution in [0.4, 0.5) is 0 Å². The van der Waals surface area contributed by atoms with Crippen LogP contribution in [0, 0.1) is 0 Å². The number of hydrogen-bond donors (Lipinski definition) is 2. The Balaban J connectivity index is 1.40. The molecule has 0 aliphatic heterocycles. The highest BCUT2D eigenvalue weighted by Crippen LogP contribution is 2.50. The van der Waals surface area contributed by atoms with Crippen molar-refractivity contribution >= 4 is 11.6 Å². The number of hydrogen-bond acceptors (Lipinski definition) is 4. The molecular formula is C29H33ClN2O2. The molecule has 2 aliphatic carbocycles. The van der Waals surface area contributed by atoms with E-state index in [0.29, 0.717) is 12.6 Å². The Bertz CT molecular complexity index is 1140. The van der Waals surface area contributed by atoms with Gasteiger partial charge >= 0.3 is 0 Å². The molecule has 34 heavy (non-hydrogen) atoms. The van der Waals surface area contributed by atoms with Gasteiger partial charge in [-0.3, -0.25) is 4.98 Å². The van der Waals surface area contributed by atoms with Gasteiger partial charge in [-0.15, -0.1) is 0 Å². The lowest BCUT2D eigenvalue weighted by molar-refractivity contribution is 0.258. The lowest BCUT2D eigenvalue weighted by atomic mass is 9.93. The first-order chi connectivity index (χ1) is 16.6. The predicted molar refractivity (Wildman–Crippen MR) is 137 cm³/mol. The highest BCUT2D eigenvalue weighted by molar-refractivity contribution is 6.31. The zero-order valence-electron chi connectivity index (χ0n) is 19.8. The molecule has 2 saturated carbocycles. The lowest BCUT2D eigenvalue weighted by Gasteiger charge is -2.23. The van der Waals surface area contributed by atoms with Gasteiger partial charge in [0.05, 0.1) is 6.10 Å². The minimum Gasteiger partial charge on any atom is -0.490 e. The van der Waals surface area contributed by atoms with E-state index in [4.69, 9.17) is 16.3 Å². The summed E-state index contributed by atoms with van der Waals surface area (Å²) in [7, 11) is 0. The van der Waals surface area contributed by atoms with Gasteiger partial charge < -0.3 is 15.2 Å². The Hall–Kier alpha value is -2.40.